The SMILES string of the molecule is C=COC(=O)N1CCCN(Cc2nccn2Cc2ccccc2)CC1. The predicted octanol–water partition coefficient (Wildman–Crippen LogP) is 2.72. The molecule has 6 heteroatoms. The first kappa shape index (κ1) is 17.2. The zero-order valence-corrected chi connectivity index (χ0v) is 14.4. The number of hydrogen-bond acceptors (Lipinski definition) is 4. The van der Waals surface area contributed by atoms with Gasteiger partial charge in [0.05, 0.1) is 12.8 Å². The maximum Gasteiger partial charge on any atom is 0.414 e. The van der Waals surface area contributed by atoms with Crippen LogP contribution in [0, 0.1) is 0 Å². The topological polar surface area (TPSA) is 50.6 Å². The van der Waals surface area contributed by atoms with Crippen molar-refractivity contribution in [2.45, 2.75) is 19.5 Å². The first-order valence-electron chi connectivity index (χ1n) is 8.59. The Morgan fingerprint density at radius 3 is 2.80 bits per heavy atom. The molecule has 0 bridgehead atoms. The molecule has 1 fully saturated rings. The number of carbonyl (C=O) groups excluding carboxylic acids is 1. The zero-order chi connectivity index (χ0) is 17.5. The largest absolute Gasteiger partial charge is 0.419 e. The van der Waals surface area contributed by atoms with Crippen LogP contribution in [0.25, 0.3) is 0 Å². The van der Waals surface area contributed by atoms with E-state index in [2.05, 4.69) is 45.3 Å². The van der Waals surface area contributed by atoms with Crippen molar-refractivity contribution in [2.24, 2.45) is 0 Å². The van der Waals surface area contributed by atoms with Gasteiger partial charge in [-0.1, -0.05) is 36.9 Å². The van der Waals surface area contributed by atoms with E-state index in [4.69, 9.17) is 4.74 Å². The first-order chi connectivity index (χ1) is 12.3. The van der Waals surface area contributed by atoms with Crippen molar-refractivity contribution in [3.05, 3.63) is 67.0 Å². The molecule has 0 N–H and O–H groups in total. The lowest BCUT2D eigenvalue weighted by Crippen LogP contribution is -2.35. The van der Waals surface area contributed by atoms with Crippen LogP contribution in [-0.4, -0.2) is 51.6 Å². The van der Waals surface area contributed by atoms with E-state index in [0.29, 0.717) is 13.1 Å². The third-order valence-corrected chi connectivity index (χ3v) is 4.39. The molecule has 0 spiro atoms. The summed E-state index contributed by atoms with van der Waals surface area (Å²) in [5.74, 6) is 1.05. The maximum atomic E-state index is 11.8. The predicted molar refractivity (Wildman–Crippen MR) is 95.9 cm³/mol. The van der Waals surface area contributed by atoms with Crippen molar-refractivity contribution in [3.63, 3.8) is 0 Å². The summed E-state index contributed by atoms with van der Waals surface area (Å²) in [5, 5.41) is 0. The van der Waals surface area contributed by atoms with E-state index in [1.165, 1.54) is 11.8 Å². The van der Waals surface area contributed by atoms with Crippen molar-refractivity contribution in [1.82, 2.24) is 19.4 Å². The molecule has 1 saturated heterocycles. The van der Waals surface area contributed by atoms with E-state index in [-0.39, 0.29) is 6.09 Å². The van der Waals surface area contributed by atoms with Crippen LogP contribution in [0.15, 0.2) is 55.6 Å². The number of hydrogen-bond donors (Lipinski definition) is 0. The molecule has 1 aromatic carbocycles. The highest BCUT2D eigenvalue weighted by molar-refractivity contribution is 5.68. The highest BCUT2D eigenvalue weighted by Gasteiger charge is 2.20. The van der Waals surface area contributed by atoms with Crippen molar-refractivity contribution >= 4 is 6.09 Å². The number of ether oxygens (including phenoxy) is 1. The van der Waals surface area contributed by atoms with Crippen LogP contribution in [0.3, 0.4) is 0 Å². The Bertz CT molecular complexity index is 698. The molecule has 0 saturated carbocycles. The van der Waals surface area contributed by atoms with Crippen LogP contribution in [0.5, 0.6) is 0 Å². The Morgan fingerprint density at radius 1 is 1.16 bits per heavy atom. The normalized spacial score (nSPS) is 15.6. The minimum Gasteiger partial charge on any atom is -0.419 e. The fourth-order valence-corrected chi connectivity index (χ4v) is 3.07. The molecule has 1 aromatic heterocycles. The van der Waals surface area contributed by atoms with Crippen molar-refractivity contribution < 1.29 is 9.53 Å². The van der Waals surface area contributed by atoms with Crippen molar-refractivity contribution in [2.75, 3.05) is 26.2 Å². The van der Waals surface area contributed by atoms with Gasteiger partial charge in [0.25, 0.3) is 0 Å². The van der Waals surface area contributed by atoms with E-state index < -0.39 is 0 Å². The highest BCUT2D eigenvalue weighted by Crippen LogP contribution is 2.11. The summed E-state index contributed by atoms with van der Waals surface area (Å²) in [6.45, 7) is 8.16. The summed E-state index contributed by atoms with van der Waals surface area (Å²) in [6, 6.07) is 10.4. The van der Waals surface area contributed by atoms with Gasteiger partial charge in [-0.2, -0.15) is 0 Å². The van der Waals surface area contributed by atoms with E-state index >= 15 is 0 Å². The minimum absolute atomic E-state index is 0.317. The van der Waals surface area contributed by atoms with Crippen LogP contribution in [0.2, 0.25) is 0 Å². The number of carbonyl (C=O) groups is 1. The number of benzene rings is 1. The second-order valence-corrected chi connectivity index (χ2v) is 6.12. The molecule has 0 radical (unpaired) electrons. The van der Waals surface area contributed by atoms with Crippen LogP contribution in [0.1, 0.15) is 17.8 Å². The number of imidazole rings is 1. The molecule has 3 rings (SSSR count). The van der Waals surface area contributed by atoms with E-state index in [1.54, 1.807) is 4.90 Å². The summed E-state index contributed by atoms with van der Waals surface area (Å²) in [7, 11) is 0. The number of nitrogens with zero attached hydrogens (tertiary/aromatic N) is 4. The smallest absolute Gasteiger partial charge is 0.414 e. The Hall–Kier alpha value is -2.60. The van der Waals surface area contributed by atoms with Crippen LogP contribution < -0.4 is 0 Å². The molecule has 1 aliphatic rings. The number of amides is 1. The van der Waals surface area contributed by atoms with E-state index in [9.17, 15) is 4.79 Å². The van der Waals surface area contributed by atoms with Gasteiger partial charge in [-0.25, -0.2) is 9.78 Å². The summed E-state index contributed by atoms with van der Waals surface area (Å²) < 4.78 is 7.06. The quantitative estimate of drug-likeness (QED) is 0.786. The van der Waals surface area contributed by atoms with E-state index in [0.717, 1.165) is 38.4 Å². The molecule has 0 atom stereocenters. The molecule has 2 heterocycles. The van der Waals surface area contributed by atoms with Crippen molar-refractivity contribution in [1.29, 1.82) is 0 Å². The van der Waals surface area contributed by atoms with Crippen LogP contribution in [0.4, 0.5) is 4.79 Å². The molecule has 0 aliphatic carbocycles. The van der Waals surface area contributed by atoms with Gasteiger partial charge in [0.2, 0.25) is 0 Å². The minimum atomic E-state index is -0.317. The molecule has 25 heavy (non-hydrogen) atoms. The van der Waals surface area contributed by atoms with Gasteiger partial charge in [-0.05, 0) is 12.0 Å². The van der Waals surface area contributed by atoms with Crippen molar-refractivity contribution in [3.8, 4) is 0 Å². The Kier molecular flexibility index (Phi) is 5.85. The molecular weight excluding hydrogens is 316 g/mol. The third-order valence-electron chi connectivity index (χ3n) is 4.39. The Balaban J connectivity index is 1.59. The molecular formula is C19H24N4O2. The average molecular weight is 340 g/mol. The van der Waals surface area contributed by atoms with Gasteiger partial charge in [-0.3, -0.25) is 4.90 Å². The van der Waals surface area contributed by atoms with Gasteiger partial charge in [0.1, 0.15) is 5.82 Å². The van der Waals surface area contributed by atoms with Gasteiger partial charge in [0, 0.05) is 45.1 Å². The second kappa shape index (κ2) is 8.48. The second-order valence-electron chi connectivity index (χ2n) is 6.12. The lowest BCUT2D eigenvalue weighted by atomic mass is 10.2. The lowest BCUT2D eigenvalue weighted by Gasteiger charge is -2.21. The van der Waals surface area contributed by atoms with E-state index in [1.807, 2.05) is 18.5 Å². The summed E-state index contributed by atoms with van der Waals surface area (Å²) in [6.07, 6.45) is 5.66. The molecule has 6 nitrogen and oxygen atoms in total. The summed E-state index contributed by atoms with van der Waals surface area (Å²) in [5.41, 5.74) is 1.26. The van der Waals surface area contributed by atoms with Crippen LogP contribution in [-0.2, 0) is 17.8 Å². The lowest BCUT2D eigenvalue weighted by molar-refractivity contribution is 0.138. The zero-order valence-electron chi connectivity index (χ0n) is 14.4. The first-order valence-corrected chi connectivity index (χ1v) is 8.59. The highest BCUT2D eigenvalue weighted by atomic mass is 16.5. The average Bonchev–Trinajstić information content (AvgIpc) is 2.91. The molecule has 0 unspecified atom stereocenters. The molecule has 2 aromatic rings. The standard InChI is InChI=1S/C19H24N4O2/c1-2-25-19(24)22-11-6-10-21(13-14-22)16-18-20-9-12-23(18)15-17-7-4-3-5-8-17/h2-5,7-9,12H,1,6,10-11,13-16H2. The Labute approximate surface area is 148 Å². The molecule has 1 amide bonds. The van der Waals surface area contributed by atoms with Gasteiger partial charge < -0.3 is 14.2 Å². The van der Waals surface area contributed by atoms with Gasteiger partial charge >= 0.3 is 6.09 Å². The molecule has 1 aliphatic heterocycles. The maximum absolute atomic E-state index is 11.8. The molecule has 132 valence electrons. The third kappa shape index (κ3) is 4.70. The fourth-order valence-electron chi connectivity index (χ4n) is 3.07. The van der Waals surface area contributed by atoms with Gasteiger partial charge in [0.15, 0.2) is 0 Å². The monoisotopic (exact) mass is 340 g/mol. The van der Waals surface area contributed by atoms with Crippen LogP contribution >= 0.6 is 0 Å². The van der Waals surface area contributed by atoms with Gasteiger partial charge in [-0.15, -0.1) is 0 Å². The summed E-state index contributed by atoms with van der Waals surface area (Å²) >= 11 is 0. The Morgan fingerprint density at radius 2 is 2.00 bits per heavy atom. The number of rotatable bonds is 5. The number of aromatic nitrogens is 2. The summed E-state index contributed by atoms with van der Waals surface area (Å²) in [4.78, 5) is 20.4. The fraction of sp³-hybridized carbons (Fsp3) is 0.368.